The smallest absolute Gasteiger partial charge is 0.231 e. The van der Waals surface area contributed by atoms with E-state index in [-0.39, 0.29) is 0 Å². The van der Waals surface area contributed by atoms with Crippen LogP contribution in [0.25, 0.3) is 32.4 Å². The lowest BCUT2D eigenvalue weighted by Gasteiger charge is -2.18. The van der Waals surface area contributed by atoms with Crippen molar-refractivity contribution >= 4 is 32.4 Å². The van der Waals surface area contributed by atoms with Gasteiger partial charge < -0.3 is 18.9 Å². The lowest BCUT2D eigenvalue weighted by Crippen LogP contribution is -2.38. The van der Waals surface area contributed by atoms with Gasteiger partial charge in [0.15, 0.2) is 35.7 Å². The van der Waals surface area contributed by atoms with E-state index in [9.17, 15) is 0 Å². The molecule has 0 unspecified atom stereocenters. The number of rotatable bonds is 3. The van der Waals surface area contributed by atoms with Gasteiger partial charge >= 0.3 is 0 Å². The molecule has 28 heavy (non-hydrogen) atoms. The zero-order valence-corrected chi connectivity index (χ0v) is 15.9. The molecule has 5 nitrogen and oxygen atoms in total. The second-order valence-corrected chi connectivity index (χ2v) is 7.22. The molecule has 0 fully saturated rings. The number of fused-ring (bicyclic) bond motifs is 4. The van der Waals surface area contributed by atoms with Gasteiger partial charge in [-0.05, 0) is 42.8 Å². The molecule has 4 aromatic rings. The van der Waals surface area contributed by atoms with Crippen molar-refractivity contribution < 1.29 is 23.5 Å². The topological polar surface area (TPSA) is 40.8 Å². The summed E-state index contributed by atoms with van der Waals surface area (Å²) in [6.45, 7) is 3.81. The summed E-state index contributed by atoms with van der Waals surface area (Å²) in [5, 5.41) is 5.86. The first-order chi connectivity index (χ1) is 13.8. The number of hydrogen-bond donors (Lipinski definition) is 0. The van der Waals surface area contributed by atoms with Crippen LogP contribution in [0.5, 0.6) is 23.0 Å². The Morgan fingerprint density at radius 3 is 2.75 bits per heavy atom. The van der Waals surface area contributed by atoms with Crippen molar-refractivity contribution in [1.82, 2.24) is 0 Å². The first-order valence-corrected chi connectivity index (χ1v) is 9.64. The normalized spacial score (nSPS) is 14.4. The fraction of sp³-hybridized carbons (Fsp3) is 0.261. The molecule has 6 rings (SSSR count). The van der Waals surface area contributed by atoms with E-state index in [0.29, 0.717) is 13.4 Å². The number of ether oxygens (including phenoxy) is 4. The maximum absolute atomic E-state index is 5.98. The molecular weight excluding hydrogens is 354 g/mol. The van der Waals surface area contributed by atoms with Crippen LogP contribution in [0.15, 0.2) is 36.5 Å². The lowest BCUT2D eigenvalue weighted by atomic mass is 9.93. The first kappa shape index (κ1) is 15.8. The minimum absolute atomic E-state index is 0.293. The Hall–Kier alpha value is -3.21. The molecule has 5 heteroatoms. The van der Waals surface area contributed by atoms with E-state index in [0.717, 1.165) is 46.7 Å². The van der Waals surface area contributed by atoms with E-state index in [2.05, 4.69) is 35.0 Å². The first-order valence-electron chi connectivity index (χ1n) is 9.64. The number of benzene rings is 3. The van der Waals surface area contributed by atoms with Gasteiger partial charge in [0.25, 0.3) is 0 Å². The van der Waals surface area contributed by atoms with Gasteiger partial charge in [0.1, 0.15) is 0 Å². The van der Waals surface area contributed by atoms with Crippen molar-refractivity contribution in [3.8, 4) is 23.0 Å². The number of aromatic nitrogens is 1. The molecule has 0 saturated carbocycles. The van der Waals surface area contributed by atoms with Crippen LogP contribution >= 0.6 is 0 Å². The van der Waals surface area contributed by atoms with Gasteiger partial charge in [-0.1, -0.05) is 0 Å². The molecule has 0 bridgehead atoms. The second-order valence-electron chi connectivity index (χ2n) is 7.22. The Labute approximate surface area is 162 Å². The molecule has 0 saturated heterocycles. The molecule has 2 aliphatic heterocycles. The Kier molecular flexibility index (Phi) is 3.19. The van der Waals surface area contributed by atoms with E-state index < -0.39 is 0 Å². The van der Waals surface area contributed by atoms with Gasteiger partial charge in [0.2, 0.25) is 12.3 Å². The SMILES string of the molecule is CCOc1c(OC)ccc2c1c[n+]1c3c2ccc2c4c(cc(c23)CC1)OCO4. The molecule has 3 heterocycles. The molecular formula is C23H20NO4+. The average molecular weight is 374 g/mol. The fourth-order valence-corrected chi connectivity index (χ4v) is 4.69. The number of nitrogens with zero attached hydrogens (tertiary/aromatic N) is 1. The highest BCUT2D eigenvalue weighted by Gasteiger charge is 2.29. The molecule has 0 N–H and O–H groups in total. The quantitative estimate of drug-likeness (QED) is 0.399. The van der Waals surface area contributed by atoms with E-state index >= 15 is 0 Å². The molecule has 0 amide bonds. The molecule has 0 atom stereocenters. The largest absolute Gasteiger partial charge is 0.493 e. The van der Waals surface area contributed by atoms with Crippen LogP contribution in [-0.2, 0) is 13.0 Å². The molecule has 1 aromatic heterocycles. The minimum Gasteiger partial charge on any atom is -0.493 e. The Morgan fingerprint density at radius 1 is 1.04 bits per heavy atom. The third-order valence-corrected chi connectivity index (χ3v) is 5.84. The summed E-state index contributed by atoms with van der Waals surface area (Å²) in [5.41, 5.74) is 2.57. The highest BCUT2D eigenvalue weighted by atomic mass is 16.7. The van der Waals surface area contributed by atoms with Crippen LogP contribution in [0.2, 0.25) is 0 Å². The van der Waals surface area contributed by atoms with Gasteiger partial charge in [0, 0.05) is 17.2 Å². The molecule has 2 aliphatic rings. The van der Waals surface area contributed by atoms with Gasteiger partial charge in [-0.3, -0.25) is 0 Å². The minimum atomic E-state index is 0.293. The Balaban J connectivity index is 1.79. The van der Waals surface area contributed by atoms with E-state index in [1.807, 2.05) is 13.0 Å². The summed E-state index contributed by atoms with van der Waals surface area (Å²) < 4.78 is 25.3. The van der Waals surface area contributed by atoms with Crippen molar-refractivity contribution in [1.29, 1.82) is 0 Å². The predicted molar refractivity (Wildman–Crippen MR) is 107 cm³/mol. The summed E-state index contributed by atoms with van der Waals surface area (Å²) in [6, 6.07) is 10.6. The summed E-state index contributed by atoms with van der Waals surface area (Å²) >= 11 is 0. The van der Waals surface area contributed by atoms with Crippen LogP contribution in [0, 0.1) is 0 Å². The highest BCUT2D eigenvalue weighted by molar-refractivity contribution is 6.17. The van der Waals surface area contributed by atoms with Crippen molar-refractivity contribution in [3.63, 3.8) is 0 Å². The van der Waals surface area contributed by atoms with E-state index in [4.69, 9.17) is 18.9 Å². The Bertz CT molecular complexity index is 1300. The summed E-state index contributed by atoms with van der Waals surface area (Å²) in [7, 11) is 1.68. The fourth-order valence-electron chi connectivity index (χ4n) is 4.69. The average Bonchev–Trinajstić information content (AvgIpc) is 3.20. The third kappa shape index (κ3) is 1.93. The summed E-state index contributed by atoms with van der Waals surface area (Å²) in [5.74, 6) is 3.30. The van der Waals surface area contributed by atoms with Crippen molar-refractivity contribution in [3.05, 3.63) is 42.1 Å². The van der Waals surface area contributed by atoms with Crippen LogP contribution < -0.4 is 23.5 Å². The van der Waals surface area contributed by atoms with Gasteiger partial charge in [-0.15, -0.1) is 0 Å². The van der Waals surface area contributed by atoms with Gasteiger partial charge in [-0.2, -0.15) is 4.57 Å². The number of hydrogen-bond acceptors (Lipinski definition) is 4. The molecule has 0 spiro atoms. The van der Waals surface area contributed by atoms with Crippen molar-refractivity contribution in [2.45, 2.75) is 19.9 Å². The summed E-state index contributed by atoms with van der Waals surface area (Å²) in [4.78, 5) is 0. The monoisotopic (exact) mass is 374 g/mol. The predicted octanol–water partition coefficient (Wildman–Crippen LogP) is 4.13. The number of pyridine rings is 1. The van der Waals surface area contributed by atoms with E-state index in [1.54, 1.807) is 7.11 Å². The zero-order chi connectivity index (χ0) is 18.8. The molecule has 140 valence electrons. The van der Waals surface area contributed by atoms with E-state index in [1.165, 1.54) is 27.2 Å². The lowest BCUT2D eigenvalue weighted by molar-refractivity contribution is -0.670. The number of aryl methyl sites for hydroxylation is 2. The van der Waals surface area contributed by atoms with Gasteiger partial charge in [0.05, 0.1) is 29.9 Å². The van der Waals surface area contributed by atoms with Crippen LogP contribution in [0.4, 0.5) is 0 Å². The molecule has 3 aromatic carbocycles. The van der Waals surface area contributed by atoms with Gasteiger partial charge in [-0.25, -0.2) is 0 Å². The highest BCUT2D eigenvalue weighted by Crippen LogP contribution is 2.46. The van der Waals surface area contributed by atoms with Crippen LogP contribution in [0.1, 0.15) is 12.5 Å². The maximum Gasteiger partial charge on any atom is 0.231 e. The maximum atomic E-state index is 5.98. The molecule has 0 radical (unpaired) electrons. The Morgan fingerprint density at radius 2 is 1.89 bits per heavy atom. The standard InChI is InChI=1S/C23H20NO4/c1-3-26-23-17-11-24-9-8-13-10-19-22(28-12-27-19)16-5-4-15(21(24)20(13)16)14(17)6-7-18(23)25-2/h4-7,10-11H,3,8-9,12H2,1-2H3/q+1. The van der Waals surface area contributed by atoms with Crippen LogP contribution in [-0.4, -0.2) is 20.5 Å². The van der Waals surface area contributed by atoms with Crippen molar-refractivity contribution in [2.75, 3.05) is 20.5 Å². The number of methoxy groups -OCH3 is 1. The molecule has 0 aliphatic carbocycles. The van der Waals surface area contributed by atoms with Crippen LogP contribution in [0.3, 0.4) is 0 Å². The van der Waals surface area contributed by atoms with Crippen molar-refractivity contribution in [2.24, 2.45) is 0 Å². The second kappa shape index (κ2) is 5.64. The third-order valence-electron chi connectivity index (χ3n) is 5.84. The zero-order valence-electron chi connectivity index (χ0n) is 15.9. The summed E-state index contributed by atoms with van der Waals surface area (Å²) in [6.07, 6.45) is 3.17.